The average molecular weight is 453 g/mol. The Morgan fingerprint density at radius 1 is 1.12 bits per heavy atom. The summed E-state index contributed by atoms with van der Waals surface area (Å²) in [5.41, 5.74) is 2.35. The molecule has 3 aromatic rings. The Morgan fingerprint density at radius 3 is 2.67 bits per heavy atom. The fraction of sp³-hybridized carbons (Fsp3) is 0.458. The number of ether oxygens (including phenoxy) is 1. The van der Waals surface area contributed by atoms with E-state index in [9.17, 15) is 4.39 Å². The summed E-state index contributed by atoms with van der Waals surface area (Å²) in [7, 11) is 2.15. The van der Waals surface area contributed by atoms with Crippen molar-refractivity contribution < 1.29 is 13.5 Å². The molecule has 174 valence electrons. The van der Waals surface area contributed by atoms with Crippen LogP contribution in [0, 0.1) is 5.82 Å². The largest absolute Gasteiger partial charge is 0.486 e. The van der Waals surface area contributed by atoms with Crippen LogP contribution in [-0.2, 0) is 0 Å². The zero-order valence-corrected chi connectivity index (χ0v) is 19.2. The van der Waals surface area contributed by atoms with E-state index in [1.54, 1.807) is 6.20 Å². The molecule has 1 fully saturated rings. The monoisotopic (exact) mass is 452 g/mol. The molecule has 1 saturated heterocycles. The number of halogens is 1. The number of oxazole rings is 1. The molecule has 4 heterocycles. The maximum absolute atomic E-state index is 14.8. The molecule has 8 nitrogen and oxygen atoms in total. The summed E-state index contributed by atoms with van der Waals surface area (Å²) in [6, 6.07) is 7.71. The molecule has 2 aromatic heterocycles. The summed E-state index contributed by atoms with van der Waals surface area (Å²) in [5.74, 6) is 1.34. The van der Waals surface area contributed by atoms with Crippen molar-refractivity contribution in [1.82, 2.24) is 20.1 Å². The van der Waals surface area contributed by atoms with Crippen LogP contribution in [0.15, 0.2) is 34.9 Å². The second-order valence-electron chi connectivity index (χ2n) is 9.02. The van der Waals surface area contributed by atoms with Gasteiger partial charge in [-0.3, -0.25) is 5.32 Å². The summed E-state index contributed by atoms with van der Waals surface area (Å²) < 4.78 is 26.2. The van der Waals surface area contributed by atoms with Gasteiger partial charge in [-0.15, -0.1) is 5.10 Å². The van der Waals surface area contributed by atoms with Gasteiger partial charge in [0.15, 0.2) is 23.1 Å². The molecular formula is C24H29FN6O2. The second-order valence-corrected chi connectivity index (χ2v) is 9.02. The number of piperidine rings is 1. The third-order valence-electron chi connectivity index (χ3n) is 6.38. The van der Waals surface area contributed by atoms with Crippen molar-refractivity contribution in [1.29, 1.82) is 0 Å². The molecule has 1 aromatic carbocycles. The van der Waals surface area contributed by atoms with Crippen molar-refractivity contribution in [3.8, 4) is 17.1 Å². The highest BCUT2D eigenvalue weighted by atomic mass is 19.1. The Balaban J connectivity index is 1.32. The molecule has 9 heteroatoms. The summed E-state index contributed by atoms with van der Waals surface area (Å²) in [6.07, 6.45) is 3.77. The molecule has 2 aliphatic heterocycles. The van der Waals surface area contributed by atoms with E-state index in [0.717, 1.165) is 37.3 Å². The normalized spacial score (nSPS) is 17.2. The molecule has 0 saturated carbocycles. The van der Waals surface area contributed by atoms with Crippen molar-refractivity contribution in [2.75, 3.05) is 43.5 Å². The maximum Gasteiger partial charge on any atom is 0.300 e. The van der Waals surface area contributed by atoms with E-state index in [4.69, 9.17) is 9.15 Å². The summed E-state index contributed by atoms with van der Waals surface area (Å²) in [5, 5.41) is 11.7. The average Bonchev–Trinajstić information content (AvgIpc) is 3.28. The number of hydrogen-bond acceptors (Lipinski definition) is 8. The van der Waals surface area contributed by atoms with Crippen LogP contribution in [0.2, 0.25) is 0 Å². The minimum Gasteiger partial charge on any atom is -0.486 e. The minimum atomic E-state index is -0.408. The Hall–Kier alpha value is -3.20. The molecule has 0 radical (unpaired) electrons. The molecule has 0 unspecified atom stereocenters. The highest BCUT2D eigenvalue weighted by molar-refractivity contribution is 5.71. The quantitative estimate of drug-likeness (QED) is 0.609. The van der Waals surface area contributed by atoms with E-state index in [-0.39, 0.29) is 17.8 Å². The van der Waals surface area contributed by atoms with Crippen LogP contribution in [0.25, 0.3) is 11.3 Å². The van der Waals surface area contributed by atoms with Gasteiger partial charge in [0.2, 0.25) is 0 Å². The van der Waals surface area contributed by atoms with Gasteiger partial charge in [-0.25, -0.2) is 9.37 Å². The summed E-state index contributed by atoms with van der Waals surface area (Å²) in [4.78, 5) is 8.75. The molecule has 0 bridgehead atoms. The first-order valence-electron chi connectivity index (χ1n) is 11.5. The van der Waals surface area contributed by atoms with Crippen LogP contribution in [0.5, 0.6) is 5.75 Å². The predicted molar refractivity (Wildman–Crippen MR) is 125 cm³/mol. The van der Waals surface area contributed by atoms with Gasteiger partial charge < -0.3 is 19.0 Å². The summed E-state index contributed by atoms with van der Waals surface area (Å²) >= 11 is 0. The zero-order valence-electron chi connectivity index (χ0n) is 19.2. The van der Waals surface area contributed by atoms with Crippen molar-refractivity contribution in [2.45, 2.75) is 38.6 Å². The molecule has 2 aliphatic rings. The number of nitrogens with one attached hydrogen (secondary N) is 1. The molecule has 0 spiro atoms. The van der Waals surface area contributed by atoms with Gasteiger partial charge in [0.05, 0.1) is 24.1 Å². The molecule has 5 rings (SSSR count). The molecule has 33 heavy (non-hydrogen) atoms. The first-order valence-corrected chi connectivity index (χ1v) is 11.5. The molecular weight excluding hydrogens is 423 g/mol. The maximum atomic E-state index is 14.8. The number of fused-ring (bicyclic) bond motifs is 1. The van der Waals surface area contributed by atoms with Crippen LogP contribution < -0.4 is 15.0 Å². The van der Waals surface area contributed by atoms with Gasteiger partial charge in [-0.2, -0.15) is 5.10 Å². The predicted octanol–water partition coefficient (Wildman–Crippen LogP) is 4.43. The van der Waals surface area contributed by atoms with Gasteiger partial charge in [0, 0.05) is 17.5 Å². The molecule has 0 amide bonds. The van der Waals surface area contributed by atoms with Gasteiger partial charge in [-0.05, 0) is 71.1 Å². The van der Waals surface area contributed by atoms with Gasteiger partial charge >= 0.3 is 6.01 Å². The number of likely N-dealkylation sites (tertiary alicyclic amines) is 1. The number of anilines is 3. The standard InChI is InChI=1S/C24H29FN6O2/c1-15(2)31-10-11-32-23-18(25)12-17(13-20(23)31)21-14-26-24(33-21)27-22-5-4-19(28-29-22)16-6-8-30(3)9-7-16/h4-5,12-16H,6-11H2,1-3H3,(H,26,27,29). The number of nitrogens with zero attached hydrogens (tertiary/aromatic N) is 5. The van der Waals surface area contributed by atoms with E-state index in [1.165, 1.54) is 6.07 Å². The van der Waals surface area contributed by atoms with E-state index in [1.807, 2.05) is 18.2 Å². The Morgan fingerprint density at radius 2 is 1.94 bits per heavy atom. The zero-order chi connectivity index (χ0) is 22.9. The molecule has 0 aliphatic carbocycles. The second kappa shape index (κ2) is 8.97. The van der Waals surface area contributed by atoms with Crippen LogP contribution in [0.4, 0.5) is 21.9 Å². The van der Waals surface area contributed by atoms with Crippen LogP contribution in [0.1, 0.15) is 38.3 Å². The molecule has 1 N–H and O–H groups in total. The van der Waals surface area contributed by atoms with E-state index >= 15 is 0 Å². The Labute approximate surface area is 192 Å². The van der Waals surface area contributed by atoms with Crippen molar-refractivity contribution in [2.24, 2.45) is 0 Å². The van der Waals surface area contributed by atoms with Gasteiger partial charge in [0.25, 0.3) is 0 Å². The lowest BCUT2D eigenvalue weighted by Gasteiger charge is -2.34. The fourth-order valence-electron chi connectivity index (χ4n) is 4.49. The van der Waals surface area contributed by atoms with E-state index in [2.05, 4.69) is 51.2 Å². The van der Waals surface area contributed by atoms with E-state index in [0.29, 0.717) is 36.2 Å². The Kier molecular flexibility index (Phi) is 5.88. The Bertz CT molecular complexity index is 1110. The highest BCUT2D eigenvalue weighted by Gasteiger charge is 2.25. The SMILES string of the molecule is CC(C)N1CCOc2c(F)cc(-c3cnc(Nc4ccc(C5CCN(C)CC5)nn4)o3)cc21. The van der Waals surface area contributed by atoms with Crippen LogP contribution in [0.3, 0.4) is 0 Å². The number of rotatable bonds is 5. The van der Waals surface area contributed by atoms with Crippen molar-refractivity contribution in [3.05, 3.63) is 42.0 Å². The molecule has 0 atom stereocenters. The van der Waals surface area contributed by atoms with E-state index < -0.39 is 5.82 Å². The smallest absolute Gasteiger partial charge is 0.300 e. The number of aromatic nitrogens is 3. The van der Waals surface area contributed by atoms with Crippen LogP contribution in [-0.4, -0.2) is 59.4 Å². The van der Waals surface area contributed by atoms with Crippen molar-refractivity contribution >= 4 is 17.5 Å². The highest BCUT2D eigenvalue weighted by Crippen LogP contribution is 2.39. The third-order valence-corrected chi connectivity index (χ3v) is 6.38. The van der Waals surface area contributed by atoms with Gasteiger partial charge in [-0.1, -0.05) is 0 Å². The minimum absolute atomic E-state index is 0.227. The fourth-order valence-corrected chi connectivity index (χ4v) is 4.49. The third kappa shape index (κ3) is 4.50. The van der Waals surface area contributed by atoms with Crippen molar-refractivity contribution in [3.63, 3.8) is 0 Å². The lowest BCUT2D eigenvalue weighted by molar-refractivity contribution is 0.253. The number of hydrogen-bond donors (Lipinski definition) is 1. The topological polar surface area (TPSA) is 79.5 Å². The summed E-state index contributed by atoms with van der Waals surface area (Å²) in [6.45, 7) is 7.49. The first-order chi connectivity index (χ1) is 16.0. The lowest BCUT2D eigenvalue weighted by Crippen LogP contribution is -2.38. The van der Waals surface area contributed by atoms with Crippen LogP contribution >= 0.6 is 0 Å². The number of benzene rings is 1. The lowest BCUT2D eigenvalue weighted by atomic mass is 9.94. The van der Waals surface area contributed by atoms with Gasteiger partial charge in [0.1, 0.15) is 6.61 Å². The first kappa shape index (κ1) is 21.6.